The van der Waals surface area contributed by atoms with Crippen molar-refractivity contribution in [3.63, 3.8) is 0 Å². The number of amides is 1. The van der Waals surface area contributed by atoms with Crippen molar-refractivity contribution in [3.05, 3.63) is 68.5 Å². The van der Waals surface area contributed by atoms with E-state index in [9.17, 15) is 14.7 Å². The largest absolute Gasteiger partial charge is 0.493 e. The van der Waals surface area contributed by atoms with Gasteiger partial charge in [0.25, 0.3) is 0 Å². The van der Waals surface area contributed by atoms with Crippen LogP contribution in [0.15, 0.2) is 61.9 Å². The molecule has 9 heteroatoms. The highest BCUT2D eigenvalue weighted by Gasteiger charge is 2.16. The van der Waals surface area contributed by atoms with Crippen LogP contribution < -0.4 is 5.63 Å². The maximum Gasteiger partial charge on any atom is 0.349 e. The average molecular weight is 402 g/mol. The van der Waals surface area contributed by atoms with E-state index in [4.69, 9.17) is 27.6 Å². The summed E-state index contributed by atoms with van der Waals surface area (Å²) in [4.78, 5) is 27.2. The smallest absolute Gasteiger partial charge is 0.349 e. The average Bonchev–Trinajstić information content (AvgIpc) is 2.95. The number of aromatic amines is 1. The van der Waals surface area contributed by atoms with Crippen LogP contribution in [0.5, 0.6) is 5.88 Å². The molecule has 2 aromatic carbocycles. The molecule has 0 aliphatic carbocycles. The number of benzene rings is 2. The van der Waals surface area contributed by atoms with Gasteiger partial charge in [0.05, 0.1) is 10.5 Å². The number of nitrogens with zero attached hydrogens (tertiary/aromatic N) is 2. The molecule has 0 spiro atoms. The van der Waals surface area contributed by atoms with Gasteiger partial charge in [-0.15, -0.1) is 10.2 Å². The number of nitrogens with one attached hydrogen (secondary N) is 1. The van der Waals surface area contributed by atoms with Crippen molar-refractivity contribution in [1.29, 1.82) is 0 Å². The summed E-state index contributed by atoms with van der Waals surface area (Å²) in [5.41, 5.74) is -0.391. The maximum atomic E-state index is 12.3. The third-order valence-electron chi connectivity index (χ3n) is 3.88. The zero-order chi connectivity index (χ0) is 19.1. The van der Waals surface area contributed by atoms with Crippen molar-refractivity contribution in [3.8, 4) is 5.88 Å². The van der Waals surface area contributed by atoms with Crippen molar-refractivity contribution in [2.45, 2.75) is 0 Å². The van der Waals surface area contributed by atoms with Gasteiger partial charge >= 0.3 is 11.5 Å². The summed E-state index contributed by atoms with van der Waals surface area (Å²) in [6, 6.07) is 11.2. The van der Waals surface area contributed by atoms with Crippen LogP contribution in [0.2, 0.25) is 10.0 Å². The molecule has 2 aromatic heterocycles. The standard InChI is InChI=1S/C18H9Cl2N3O4/c19-9-5-8-6-11(18(26)27-15(8)12(20)7-9)16(24)23-22-14-10-3-1-2-4-13(10)21-17(14)25/h1-7,21,25H. The van der Waals surface area contributed by atoms with Gasteiger partial charge in [0, 0.05) is 15.8 Å². The van der Waals surface area contributed by atoms with Crippen LogP contribution in [0.4, 0.5) is 5.69 Å². The second-order valence-electron chi connectivity index (χ2n) is 5.63. The number of hydrogen-bond acceptors (Lipinski definition) is 5. The number of fused-ring (bicyclic) bond motifs is 2. The Bertz CT molecular complexity index is 1310. The van der Waals surface area contributed by atoms with Gasteiger partial charge in [-0.05, 0) is 24.3 Å². The lowest BCUT2D eigenvalue weighted by Crippen LogP contribution is -2.11. The highest BCUT2D eigenvalue weighted by molar-refractivity contribution is 6.38. The molecule has 1 amide bonds. The molecule has 0 bridgehead atoms. The fourth-order valence-electron chi connectivity index (χ4n) is 2.67. The molecule has 0 saturated carbocycles. The first-order chi connectivity index (χ1) is 12.9. The highest BCUT2D eigenvalue weighted by atomic mass is 35.5. The number of hydrogen-bond donors (Lipinski definition) is 2. The van der Waals surface area contributed by atoms with Crippen molar-refractivity contribution < 1.29 is 14.3 Å². The normalized spacial score (nSPS) is 11.6. The minimum Gasteiger partial charge on any atom is -0.493 e. The third-order valence-corrected chi connectivity index (χ3v) is 4.38. The molecule has 0 fully saturated rings. The van der Waals surface area contributed by atoms with Crippen LogP contribution in [-0.4, -0.2) is 16.0 Å². The molecule has 27 heavy (non-hydrogen) atoms. The van der Waals surface area contributed by atoms with E-state index in [2.05, 4.69) is 15.2 Å². The predicted molar refractivity (Wildman–Crippen MR) is 101 cm³/mol. The quantitative estimate of drug-likeness (QED) is 0.354. The summed E-state index contributed by atoms with van der Waals surface area (Å²) in [5, 5.41) is 18.7. The van der Waals surface area contributed by atoms with Crippen molar-refractivity contribution in [2.75, 3.05) is 0 Å². The number of rotatable bonds is 2. The number of aromatic nitrogens is 1. The molecule has 134 valence electrons. The molecular formula is C18H9Cl2N3O4. The van der Waals surface area contributed by atoms with E-state index in [1.165, 1.54) is 18.2 Å². The summed E-state index contributed by atoms with van der Waals surface area (Å²) in [6.45, 7) is 0. The van der Waals surface area contributed by atoms with Crippen LogP contribution in [0, 0.1) is 0 Å². The summed E-state index contributed by atoms with van der Waals surface area (Å²) in [7, 11) is 0. The van der Waals surface area contributed by atoms with Crippen LogP contribution in [0.25, 0.3) is 21.9 Å². The Morgan fingerprint density at radius 1 is 1.15 bits per heavy atom. The molecule has 2 N–H and O–H groups in total. The second-order valence-corrected chi connectivity index (χ2v) is 6.47. The molecule has 2 heterocycles. The van der Waals surface area contributed by atoms with E-state index in [0.29, 0.717) is 21.3 Å². The molecule has 7 nitrogen and oxygen atoms in total. The van der Waals surface area contributed by atoms with Crippen LogP contribution in [-0.2, 0) is 0 Å². The minimum absolute atomic E-state index is 0.0928. The Labute approximate surface area is 160 Å². The summed E-state index contributed by atoms with van der Waals surface area (Å²) in [5.74, 6) is -1.16. The zero-order valence-electron chi connectivity index (χ0n) is 13.4. The Hall–Kier alpha value is -3.16. The van der Waals surface area contributed by atoms with Gasteiger partial charge < -0.3 is 14.5 Å². The lowest BCUT2D eigenvalue weighted by molar-refractivity contribution is 0.0991. The Balaban J connectivity index is 1.76. The van der Waals surface area contributed by atoms with E-state index >= 15 is 0 Å². The van der Waals surface area contributed by atoms with Crippen molar-refractivity contribution >= 4 is 56.7 Å². The lowest BCUT2D eigenvalue weighted by atomic mass is 10.2. The zero-order valence-corrected chi connectivity index (χ0v) is 14.9. The van der Waals surface area contributed by atoms with Crippen LogP contribution in [0.3, 0.4) is 0 Å². The second kappa shape index (κ2) is 6.53. The Kier molecular flexibility index (Phi) is 4.18. The van der Waals surface area contributed by atoms with E-state index in [-0.39, 0.29) is 27.7 Å². The number of carbonyl (C=O) groups is 1. The number of halogens is 2. The topological polar surface area (TPSA) is 108 Å². The van der Waals surface area contributed by atoms with E-state index in [0.717, 1.165) is 0 Å². The van der Waals surface area contributed by atoms with E-state index in [1.54, 1.807) is 24.3 Å². The lowest BCUT2D eigenvalue weighted by Gasteiger charge is -2.01. The van der Waals surface area contributed by atoms with Crippen molar-refractivity contribution in [1.82, 2.24) is 4.98 Å². The van der Waals surface area contributed by atoms with E-state index in [1.807, 2.05) is 0 Å². The number of para-hydroxylation sites is 1. The van der Waals surface area contributed by atoms with Gasteiger partial charge in [0.2, 0.25) is 5.88 Å². The first-order valence-electron chi connectivity index (χ1n) is 7.62. The van der Waals surface area contributed by atoms with Crippen LogP contribution >= 0.6 is 23.2 Å². The van der Waals surface area contributed by atoms with Gasteiger partial charge in [0.15, 0.2) is 11.3 Å². The predicted octanol–water partition coefficient (Wildman–Crippen LogP) is 5.21. The highest BCUT2D eigenvalue weighted by Crippen LogP contribution is 2.35. The third kappa shape index (κ3) is 3.07. The minimum atomic E-state index is -0.925. The monoisotopic (exact) mass is 401 g/mol. The molecule has 0 radical (unpaired) electrons. The summed E-state index contributed by atoms with van der Waals surface area (Å²) >= 11 is 11.9. The molecular weight excluding hydrogens is 393 g/mol. The molecule has 0 aliphatic heterocycles. The van der Waals surface area contributed by atoms with E-state index < -0.39 is 11.5 Å². The number of aromatic hydroxyl groups is 1. The Morgan fingerprint density at radius 2 is 1.93 bits per heavy atom. The van der Waals surface area contributed by atoms with Gasteiger partial charge in [-0.25, -0.2) is 4.79 Å². The SMILES string of the molecule is O=C(N=Nc1c(O)[nH]c2ccccc12)c1cc2cc(Cl)cc(Cl)c2oc1=O. The summed E-state index contributed by atoms with van der Waals surface area (Å²) in [6.07, 6.45) is 0. The molecule has 0 aliphatic rings. The van der Waals surface area contributed by atoms with Gasteiger partial charge in [-0.2, -0.15) is 0 Å². The Morgan fingerprint density at radius 3 is 2.74 bits per heavy atom. The number of H-pyrrole nitrogens is 1. The van der Waals surface area contributed by atoms with Gasteiger partial charge in [-0.3, -0.25) is 4.79 Å². The number of carbonyl (C=O) groups excluding carboxylic acids is 1. The molecule has 0 atom stereocenters. The fraction of sp³-hybridized carbons (Fsp3) is 0. The molecule has 4 aromatic rings. The van der Waals surface area contributed by atoms with Crippen molar-refractivity contribution in [2.24, 2.45) is 10.2 Å². The fourth-order valence-corrected chi connectivity index (χ4v) is 3.22. The first kappa shape index (κ1) is 17.3. The molecule has 4 rings (SSSR count). The molecule has 0 saturated heterocycles. The van der Waals surface area contributed by atoms with Crippen LogP contribution in [0.1, 0.15) is 10.4 Å². The van der Waals surface area contributed by atoms with Gasteiger partial charge in [0.1, 0.15) is 5.56 Å². The first-order valence-corrected chi connectivity index (χ1v) is 8.38. The number of azo groups is 1. The van der Waals surface area contributed by atoms with Gasteiger partial charge in [-0.1, -0.05) is 41.4 Å². The summed E-state index contributed by atoms with van der Waals surface area (Å²) < 4.78 is 5.11. The molecule has 0 unspecified atom stereocenters. The maximum absolute atomic E-state index is 12.3.